The molecule has 0 saturated heterocycles. The second kappa shape index (κ2) is 6.31. The van der Waals surface area contributed by atoms with Gasteiger partial charge in [0, 0.05) is 16.6 Å². The van der Waals surface area contributed by atoms with Crippen LogP contribution in [0.25, 0.3) is 0 Å². The van der Waals surface area contributed by atoms with Crippen molar-refractivity contribution in [2.45, 2.75) is 48.7 Å². The lowest BCUT2D eigenvalue weighted by atomic mass is 9.87. The van der Waals surface area contributed by atoms with Gasteiger partial charge in [0.25, 0.3) is 0 Å². The Balaban J connectivity index is 1.58. The quantitative estimate of drug-likeness (QED) is 0.894. The van der Waals surface area contributed by atoms with Crippen molar-refractivity contribution in [3.63, 3.8) is 0 Å². The third kappa shape index (κ3) is 3.54. The highest BCUT2D eigenvalue weighted by Gasteiger charge is 2.18. The first-order chi connectivity index (χ1) is 9.79. The van der Waals surface area contributed by atoms with Crippen LogP contribution in [0.1, 0.15) is 32.6 Å². The summed E-state index contributed by atoms with van der Waals surface area (Å²) in [6, 6.07) is 9.19. The molecule has 0 amide bonds. The molecular formula is C15H20N4S. The van der Waals surface area contributed by atoms with Gasteiger partial charge in [-0.05, 0) is 43.0 Å². The minimum atomic E-state index is 0.631. The van der Waals surface area contributed by atoms with E-state index in [0.717, 1.165) is 11.1 Å². The Kier molecular flexibility index (Phi) is 4.25. The molecule has 4 nitrogen and oxygen atoms in total. The van der Waals surface area contributed by atoms with Crippen molar-refractivity contribution in [2.75, 3.05) is 5.32 Å². The standard InChI is InChI=1S/C15H20N4S/c1-11-3-2-4-13(9-11)18-12-5-7-14(8-6-12)20-15-16-10-17-19-15/h5-8,10-11,13,18H,2-4,9H2,1H3,(H,16,17,19). The number of rotatable bonds is 4. The van der Waals surface area contributed by atoms with Crippen LogP contribution in [0, 0.1) is 5.92 Å². The predicted molar refractivity (Wildman–Crippen MR) is 82.0 cm³/mol. The SMILES string of the molecule is CC1CCCC(Nc2ccc(Sc3ncn[nH]3)cc2)C1. The summed E-state index contributed by atoms with van der Waals surface area (Å²) in [5, 5.41) is 11.2. The van der Waals surface area contributed by atoms with Crippen LogP contribution in [-0.2, 0) is 0 Å². The third-order valence-corrected chi connectivity index (χ3v) is 4.67. The summed E-state index contributed by atoms with van der Waals surface area (Å²) >= 11 is 1.59. The first kappa shape index (κ1) is 13.5. The maximum absolute atomic E-state index is 4.12. The summed E-state index contributed by atoms with van der Waals surface area (Å²) < 4.78 is 0. The van der Waals surface area contributed by atoms with Gasteiger partial charge in [-0.2, -0.15) is 5.10 Å². The Morgan fingerprint density at radius 2 is 2.10 bits per heavy atom. The fourth-order valence-electron chi connectivity index (χ4n) is 2.78. The molecule has 1 aliphatic carbocycles. The van der Waals surface area contributed by atoms with E-state index in [9.17, 15) is 0 Å². The summed E-state index contributed by atoms with van der Waals surface area (Å²) in [5.74, 6) is 0.850. The number of hydrogen-bond donors (Lipinski definition) is 2. The molecule has 106 valence electrons. The summed E-state index contributed by atoms with van der Waals surface area (Å²) in [5.41, 5.74) is 1.21. The van der Waals surface area contributed by atoms with E-state index < -0.39 is 0 Å². The zero-order valence-electron chi connectivity index (χ0n) is 11.7. The number of hydrogen-bond acceptors (Lipinski definition) is 4. The van der Waals surface area contributed by atoms with E-state index in [1.54, 1.807) is 11.8 Å². The van der Waals surface area contributed by atoms with Crippen molar-refractivity contribution < 1.29 is 0 Å². The van der Waals surface area contributed by atoms with E-state index in [-0.39, 0.29) is 0 Å². The number of anilines is 1. The number of aromatic amines is 1. The summed E-state index contributed by atoms with van der Waals surface area (Å²) in [4.78, 5) is 5.29. The molecule has 1 fully saturated rings. The van der Waals surface area contributed by atoms with E-state index in [1.807, 2.05) is 0 Å². The zero-order chi connectivity index (χ0) is 13.8. The number of benzene rings is 1. The fourth-order valence-corrected chi connectivity index (χ4v) is 3.47. The van der Waals surface area contributed by atoms with Crippen LogP contribution in [0.15, 0.2) is 40.6 Å². The second-order valence-corrected chi connectivity index (χ2v) is 6.59. The molecule has 2 unspecified atom stereocenters. The van der Waals surface area contributed by atoms with Crippen molar-refractivity contribution in [3.8, 4) is 0 Å². The third-order valence-electron chi connectivity index (χ3n) is 3.77. The van der Waals surface area contributed by atoms with Crippen LogP contribution in [0.4, 0.5) is 5.69 Å². The monoisotopic (exact) mass is 288 g/mol. The fraction of sp³-hybridized carbons (Fsp3) is 0.467. The van der Waals surface area contributed by atoms with Gasteiger partial charge >= 0.3 is 0 Å². The van der Waals surface area contributed by atoms with Crippen LogP contribution < -0.4 is 5.32 Å². The molecule has 0 spiro atoms. The minimum absolute atomic E-state index is 0.631. The lowest BCUT2D eigenvalue weighted by molar-refractivity contribution is 0.358. The summed E-state index contributed by atoms with van der Waals surface area (Å²) in [7, 11) is 0. The van der Waals surface area contributed by atoms with Gasteiger partial charge in [0.1, 0.15) is 6.33 Å². The van der Waals surface area contributed by atoms with Gasteiger partial charge < -0.3 is 5.32 Å². The summed E-state index contributed by atoms with van der Waals surface area (Å²) in [6.45, 7) is 2.35. The lowest BCUT2D eigenvalue weighted by Crippen LogP contribution is -2.26. The van der Waals surface area contributed by atoms with Crippen molar-refractivity contribution >= 4 is 17.4 Å². The van der Waals surface area contributed by atoms with Gasteiger partial charge in [-0.25, -0.2) is 4.98 Å². The molecule has 5 heteroatoms. The average molecular weight is 288 g/mol. The molecule has 1 saturated carbocycles. The van der Waals surface area contributed by atoms with E-state index in [2.05, 4.69) is 51.7 Å². The molecule has 1 aromatic carbocycles. The van der Waals surface area contributed by atoms with E-state index in [1.165, 1.54) is 42.6 Å². The molecule has 3 rings (SSSR count). The van der Waals surface area contributed by atoms with Crippen LogP contribution >= 0.6 is 11.8 Å². The Labute approximate surface area is 123 Å². The zero-order valence-corrected chi connectivity index (χ0v) is 12.5. The Morgan fingerprint density at radius 1 is 1.25 bits per heavy atom. The summed E-state index contributed by atoms with van der Waals surface area (Å²) in [6.07, 6.45) is 6.83. The topological polar surface area (TPSA) is 53.6 Å². The smallest absolute Gasteiger partial charge is 0.188 e. The van der Waals surface area contributed by atoms with Crippen LogP contribution in [0.3, 0.4) is 0 Å². The number of H-pyrrole nitrogens is 1. The molecule has 2 N–H and O–H groups in total. The normalized spacial score (nSPS) is 22.6. The van der Waals surface area contributed by atoms with E-state index in [0.29, 0.717) is 6.04 Å². The van der Waals surface area contributed by atoms with Crippen molar-refractivity contribution in [3.05, 3.63) is 30.6 Å². The lowest BCUT2D eigenvalue weighted by Gasteiger charge is -2.28. The number of aromatic nitrogens is 3. The highest BCUT2D eigenvalue weighted by atomic mass is 32.2. The number of nitrogens with one attached hydrogen (secondary N) is 2. The van der Waals surface area contributed by atoms with Gasteiger partial charge in [-0.1, -0.05) is 31.5 Å². The molecule has 0 aliphatic heterocycles. The second-order valence-electron chi connectivity index (χ2n) is 5.53. The highest BCUT2D eigenvalue weighted by Crippen LogP contribution is 2.28. The molecule has 1 aromatic heterocycles. The van der Waals surface area contributed by atoms with Gasteiger partial charge in [0.05, 0.1) is 0 Å². The van der Waals surface area contributed by atoms with Crippen LogP contribution in [0.5, 0.6) is 0 Å². The minimum Gasteiger partial charge on any atom is -0.382 e. The van der Waals surface area contributed by atoms with Crippen molar-refractivity contribution in [1.82, 2.24) is 15.2 Å². The molecule has 0 radical (unpaired) electrons. The Bertz CT molecular complexity index is 523. The van der Waals surface area contributed by atoms with Crippen molar-refractivity contribution in [2.24, 2.45) is 5.92 Å². The molecule has 1 heterocycles. The molecule has 1 aliphatic rings. The first-order valence-electron chi connectivity index (χ1n) is 7.19. The van der Waals surface area contributed by atoms with E-state index >= 15 is 0 Å². The van der Waals surface area contributed by atoms with Gasteiger partial charge in [-0.3, -0.25) is 5.10 Å². The van der Waals surface area contributed by atoms with E-state index in [4.69, 9.17) is 0 Å². The van der Waals surface area contributed by atoms with Crippen LogP contribution in [0.2, 0.25) is 0 Å². The first-order valence-corrected chi connectivity index (χ1v) is 8.01. The molecule has 2 aromatic rings. The highest BCUT2D eigenvalue weighted by molar-refractivity contribution is 7.99. The maximum Gasteiger partial charge on any atom is 0.188 e. The molecule has 20 heavy (non-hydrogen) atoms. The molecule has 0 bridgehead atoms. The van der Waals surface area contributed by atoms with Crippen LogP contribution in [-0.4, -0.2) is 21.2 Å². The molecular weight excluding hydrogens is 268 g/mol. The average Bonchev–Trinajstić information content (AvgIpc) is 2.94. The maximum atomic E-state index is 4.12. The largest absolute Gasteiger partial charge is 0.382 e. The molecule has 2 atom stereocenters. The van der Waals surface area contributed by atoms with Gasteiger partial charge in [0.15, 0.2) is 5.16 Å². The van der Waals surface area contributed by atoms with Gasteiger partial charge in [0.2, 0.25) is 0 Å². The predicted octanol–water partition coefficient (Wildman–Crippen LogP) is 3.95. The van der Waals surface area contributed by atoms with Gasteiger partial charge in [-0.15, -0.1) is 0 Å². The van der Waals surface area contributed by atoms with Crippen molar-refractivity contribution in [1.29, 1.82) is 0 Å². The number of nitrogens with zero attached hydrogens (tertiary/aromatic N) is 2. The Hall–Kier alpha value is -1.49. The Morgan fingerprint density at radius 3 is 2.80 bits per heavy atom.